The van der Waals surface area contributed by atoms with Crippen LogP contribution in [0.4, 0.5) is 11.5 Å². The normalized spacial score (nSPS) is 15.0. The Morgan fingerprint density at radius 2 is 2.00 bits per heavy atom. The van der Waals surface area contributed by atoms with Crippen LogP contribution in [-0.2, 0) is 0 Å². The lowest BCUT2D eigenvalue weighted by atomic mass is 10.0. The van der Waals surface area contributed by atoms with Gasteiger partial charge in [0, 0.05) is 29.3 Å². The maximum Gasteiger partial charge on any atom is 0.130 e. The second-order valence-corrected chi connectivity index (χ2v) is 7.10. The van der Waals surface area contributed by atoms with E-state index in [0.717, 1.165) is 46.1 Å². The van der Waals surface area contributed by atoms with Crippen molar-refractivity contribution in [1.29, 1.82) is 5.26 Å². The van der Waals surface area contributed by atoms with E-state index in [0.29, 0.717) is 12.4 Å². The van der Waals surface area contributed by atoms with Crippen LogP contribution in [0.5, 0.6) is 5.75 Å². The quantitative estimate of drug-likeness (QED) is 0.623. The number of aryl methyl sites for hydroxylation is 2. The largest absolute Gasteiger partial charge is 0.493 e. The van der Waals surface area contributed by atoms with Gasteiger partial charge >= 0.3 is 0 Å². The number of nitrogens with one attached hydrogen (secondary N) is 2. The minimum Gasteiger partial charge on any atom is -0.493 e. The Labute approximate surface area is 170 Å². The van der Waals surface area contributed by atoms with E-state index in [-0.39, 0.29) is 12.6 Å². The van der Waals surface area contributed by atoms with Crippen LogP contribution in [-0.4, -0.2) is 23.1 Å². The van der Waals surface area contributed by atoms with Crippen molar-refractivity contribution >= 4 is 11.5 Å². The molecule has 1 aliphatic heterocycles. The summed E-state index contributed by atoms with van der Waals surface area (Å²) in [5, 5.41) is 15.6. The summed E-state index contributed by atoms with van der Waals surface area (Å²) >= 11 is 0. The first-order chi connectivity index (χ1) is 14.1. The third-order valence-corrected chi connectivity index (χ3v) is 5.01. The lowest BCUT2D eigenvalue weighted by Gasteiger charge is -2.27. The van der Waals surface area contributed by atoms with Crippen LogP contribution in [0.2, 0.25) is 0 Å². The van der Waals surface area contributed by atoms with Crippen molar-refractivity contribution in [2.75, 3.05) is 23.8 Å². The van der Waals surface area contributed by atoms with Crippen molar-refractivity contribution < 1.29 is 4.74 Å². The molecular weight excluding hydrogens is 362 g/mol. The van der Waals surface area contributed by atoms with Gasteiger partial charge in [-0.05, 0) is 31.5 Å². The van der Waals surface area contributed by atoms with Crippen molar-refractivity contribution in [3.63, 3.8) is 0 Å². The molecular formula is C23H23N5O. The highest BCUT2D eigenvalue weighted by Gasteiger charge is 2.21. The molecule has 29 heavy (non-hydrogen) atoms. The van der Waals surface area contributed by atoms with Crippen LogP contribution >= 0.6 is 0 Å². The molecule has 1 atom stereocenters. The molecule has 2 heterocycles. The predicted octanol–water partition coefficient (Wildman–Crippen LogP) is 4.63. The fraction of sp³-hybridized carbons (Fsp3) is 0.261. The van der Waals surface area contributed by atoms with Gasteiger partial charge in [-0.25, -0.2) is 9.97 Å². The molecule has 1 aliphatic rings. The summed E-state index contributed by atoms with van der Waals surface area (Å²) in [6.07, 6.45) is 0.877. The van der Waals surface area contributed by atoms with Gasteiger partial charge < -0.3 is 15.4 Å². The fourth-order valence-corrected chi connectivity index (χ4v) is 3.57. The monoisotopic (exact) mass is 385 g/mol. The molecule has 0 fully saturated rings. The van der Waals surface area contributed by atoms with Crippen molar-refractivity contribution in [3.05, 3.63) is 65.5 Å². The standard InChI is InChI=1S/C23H23N5O/c1-15-7-8-17(13-20(15)25-11-10-24)21-14-23(27-16(2)26-21)28-19-9-12-29-22-6-4-3-5-18(19)22/h3-8,13-14,19,25H,9,11-12H2,1-2H3,(H,26,27,28)/t19-/m1/s1. The van der Waals surface area contributed by atoms with Crippen molar-refractivity contribution in [1.82, 2.24) is 9.97 Å². The van der Waals surface area contributed by atoms with Crippen molar-refractivity contribution in [3.8, 4) is 23.1 Å². The number of nitriles is 1. The average Bonchev–Trinajstić information content (AvgIpc) is 2.73. The van der Waals surface area contributed by atoms with E-state index in [1.807, 2.05) is 56.3 Å². The first kappa shape index (κ1) is 18.8. The number of fused-ring (bicyclic) bond motifs is 1. The molecule has 0 radical (unpaired) electrons. The third kappa shape index (κ3) is 4.14. The van der Waals surface area contributed by atoms with Crippen LogP contribution in [0, 0.1) is 25.2 Å². The van der Waals surface area contributed by atoms with Crippen LogP contribution < -0.4 is 15.4 Å². The van der Waals surface area contributed by atoms with Gasteiger partial charge in [-0.2, -0.15) is 5.26 Å². The number of ether oxygens (including phenoxy) is 1. The maximum absolute atomic E-state index is 8.85. The molecule has 2 aromatic carbocycles. The van der Waals surface area contributed by atoms with Gasteiger partial charge in [0.05, 0.1) is 24.4 Å². The molecule has 6 nitrogen and oxygen atoms in total. The summed E-state index contributed by atoms with van der Waals surface area (Å²) < 4.78 is 5.76. The van der Waals surface area contributed by atoms with Gasteiger partial charge in [0.25, 0.3) is 0 Å². The lowest BCUT2D eigenvalue weighted by molar-refractivity contribution is 0.274. The van der Waals surface area contributed by atoms with E-state index in [1.165, 1.54) is 0 Å². The fourth-order valence-electron chi connectivity index (χ4n) is 3.57. The summed E-state index contributed by atoms with van der Waals surface area (Å²) in [5.41, 5.74) is 5.01. The molecule has 0 aliphatic carbocycles. The molecule has 1 aromatic heterocycles. The molecule has 0 unspecified atom stereocenters. The Kier molecular flexibility index (Phi) is 5.30. The Balaban J connectivity index is 1.63. The smallest absolute Gasteiger partial charge is 0.130 e. The molecule has 6 heteroatoms. The third-order valence-electron chi connectivity index (χ3n) is 5.01. The summed E-state index contributed by atoms with van der Waals surface area (Å²) in [6, 6.07) is 18.5. The first-order valence-electron chi connectivity index (χ1n) is 9.70. The van der Waals surface area contributed by atoms with Gasteiger partial charge in [0.2, 0.25) is 0 Å². The van der Waals surface area contributed by atoms with Crippen LogP contribution in [0.1, 0.15) is 29.4 Å². The average molecular weight is 385 g/mol. The second kappa shape index (κ2) is 8.19. The summed E-state index contributed by atoms with van der Waals surface area (Å²) in [4.78, 5) is 9.22. The molecule has 3 aromatic rings. The Morgan fingerprint density at radius 3 is 2.86 bits per heavy atom. The topological polar surface area (TPSA) is 82.9 Å². The number of para-hydroxylation sites is 1. The minimum absolute atomic E-state index is 0.146. The summed E-state index contributed by atoms with van der Waals surface area (Å²) in [7, 11) is 0. The zero-order valence-corrected chi connectivity index (χ0v) is 16.6. The highest BCUT2D eigenvalue weighted by molar-refractivity contribution is 5.69. The van der Waals surface area contributed by atoms with E-state index >= 15 is 0 Å². The van der Waals surface area contributed by atoms with Gasteiger partial charge in [-0.3, -0.25) is 0 Å². The summed E-state index contributed by atoms with van der Waals surface area (Å²) in [6.45, 7) is 4.86. The zero-order valence-electron chi connectivity index (χ0n) is 16.6. The molecule has 146 valence electrons. The van der Waals surface area contributed by atoms with E-state index in [4.69, 9.17) is 10.00 Å². The van der Waals surface area contributed by atoms with Gasteiger partial charge in [0.15, 0.2) is 0 Å². The van der Waals surface area contributed by atoms with Crippen molar-refractivity contribution in [2.45, 2.75) is 26.3 Å². The molecule has 2 N–H and O–H groups in total. The molecule has 0 spiro atoms. The Bertz CT molecular complexity index is 1070. The molecule has 0 saturated carbocycles. The van der Waals surface area contributed by atoms with Crippen molar-refractivity contribution in [2.24, 2.45) is 0 Å². The number of hydrogen-bond acceptors (Lipinski definition) is 6. The lowest BCUT2D eigenvalue weighted by Crippen LogP contribution is -2.21. The number of nitrogens with zero attached hydrogens (tertiary/aromatic N) is 3. The number of hydrogen-bond donors (Lipinski definition) is 2. The van der Waals surface area contributed by atoms with Gasteiger partial charge in [0.1, 0.15) is 23.9 Å². The van der Waals surface area contributed by atoms with E-state index in [2.05, 4.69) is 32.7 Å². The molecule has 4 rings (SSSR count). The zero-order chi connectivity index (χ0) is 20.2. The molecule has 0 bridgehead atoms. The van der Waals surface area contributed by atoms with Gasteiger partial charge in [-0.15, -0.1) is 0 Å². The molecule has 0 amide bonds. The Morgan fingerprint density at radius 1 is 1.14 bits per heavy atom. The minimum atomic E-state index is 0.146. The number of rotatable bonds is 5. The highest BCUT2D eigenvalue weighted by atomic mass is 16.5. The first-order valence-corrected chi connectivity index (χ1v) is 9.70. The number of anilines is 2. The van der Waals surface area contributed by atoms with Crippen LogP contribution in [0.25, 0.3) is 11.3 Å². The SMILES string of the molecule is Cc1nc(N[C@@H]2CCOc3ccccc32)cc(-c2ccc(C)c(NCC#N)c2)n1. The molecule has 0 saturated heterocycles. The Hall–Kier alpha value is -3.59. The van der Waals surface area contributed by atoms with Gasteiger partial charge in [-0.1, -0.05) is 30.3 Å². The summed E-state index contributed by atoms with van der Waals surface area (Å²) in [5.74, 6) is 2.42. The van der Waals surface area contributed by atoms with E-state index in [9.17, 15) is 0 Å². The van der Waals surface area contributed by atoms with E-state index in [1.54, 1.807) is 0 Å². The number of benzene rings is 2. The number of aromatic nitrogens is 2. The highest BCUT2D eigenvalue weighted by Crippen LogP contribution is 2.34. The maximum atomic E-state index is 8.85. The van der Waals surface area contributed by atoms with Crippen LogP contribution in [0.15, 0.2) is 48.5 Å². The van der Waals surface area contributed by atoms with E-state index < -0.39 is 0 Å². The van der Waals surface area contributed by atoms with Crippen LogP contribution in [0.3, 0.4) is 0 Å². The second-order valence-electron chi connectivity index (χ2n) is 7.10. The predicted molar refractivity (Wildman–Crippen MR) is 114 cm³/mol.